The molecule has 0 fully saturated rings. The van der Waals surface area contributed by atoms with Gasteiger partial charge in [-0.2, -0.15) is 4.98 Å². The number of aryl methyl sites for hydroxylation is 1. The van der Waals surface area contributed by atoms with Crippen LogP contribution in [-0.4, -0.2) is 44.2 Å². The van der Waals surface area contributed by atoms with Crippen molar-refractivity contribution in [2.45, 2.75) is 25.8 Å². The average molecular weight is 336 g/mol. The zero-order valence-corrected chi connectivity index (χ0v) is 14.3. The second-order valence-electron chi connectivity index (χ2n) is 6.25. The number of aromatic nitrogens is 6. The van der Waals surface area contributed by atoms with Crippen LogP contribution in [0.1, 0.15) is 23.5 Å². The first-order chi connectivity index (χ1) is 12.2. The standard InChI is InChI=1S/C17H20N8/c1-25(2)17-21-14(23-24-17)10-19-16-12-6-3-7-13(12)20-15(22-16)11-5-4-8-18-9-11/h4-5,8-9H,3,6-7,10H2,1-2H3,(H,19,20,22)(H,21,23,24). The maximum atomic E-state index is 4.74. The van der Waals surface area contributed by atoms with Crippen molar-refractivity contribution in [1.29, 1.82) is 0 Å². The lowest BCUT2D eigenvalue weighted by Crippen LogP contribution is -2.11. The van der Waals surface area contributed by atoms with E-state index in [-0.39, 0.29) is 0 Å². The Bertz CT molecular complexity index is 872. The van der Waals surface area contributed by atoms with Gasteiger partial charge in [0.2, 0.25) is 5.95 Å². The molecule has 0 radical (unpaired) electrons. The van der Waals surface area contributed by atoms with Gasteiger partial charge in [-0.15, -0.1) is 5.10 Å². The monoisotopic (exact) mass is 336 g/mol. The van der Waals surface area contributed by atoms with Crippen molar-refractivity contribution in [3.63, 3.8) is 0 Å². The van der Waals surface area contributed by atoms with E-state index in [1.807, 2.05) is 31.1 Å². The lowest BCUT2D eigenvalue weighted by atomic mass is 10.2. The number of nitrogens with zero attached hydrogens (tertiary/aromatic N) is 6. The molecule has 128 valence electrons. The molecule has 4 rings (SSSR count). The van der Waals surface area contributed by atoms with Crippen LogP contribution in [0.5, 0.6) is 0 Å². The molecule has 1 aliphatic carbocycles. The fourth-order valence-electron chi connectivity index (χ4n) is 2.93. The summed E-state index contributed by atoms with van der Waals surface area (Å²) >= 11 is 0. The molecule has 8 nitrogen and oxygen atoms in total. The summed E-state index contributed by atoms with van der Waals surface area (Å²) in [6, 6.07) is 3.88. The number of pyridine rings is 1. The molecular weight excluding hydrogens is 316 g/mol. The fraction of sp³-hybridized carbons (Fsp3) is 0.353. The van der Waals surface area contributed by atoms with Gasteiger partial charge >= 0.3 is 0 Å². The summed E-state index contributed by atoms with van der Waals surface area (Å²) in [7, 11) is 3.83. The number of rotatable bonds is 5. The smallest absolute Gasteiger partial charge is 0.244 e. The van der Waals surface area contributed by atoms with Crippen molar-refractivity contribution in [3.05, 3.63) is 41.6 Å². The van der Waals surface area contributed by atoms with Crippen molar-refractivity contribution in [2.24, 2.45) is 0 Å². The van der Waals surface area contributed by atoms with Crippen molar-refractivity contribution >= 4 is 11.8 Å². The molecule has 8 heteroatoms. The van der Waals surface area contributed by atoms with Crippen LogP contribution in [0.3, 0.4) is 0 Å². The van der Waals surface area contributed by atoms with E-state index in [2.05, 4.69) is 25.5 Å². The highest BCUT2D eigenvalue weighted by Gasteiger charge is 2.20. The number of hydrogen-bond donors (Lipinski definition) is 2. The second-order valence-corrected chi connectivity index (χ2v) is 6.25. The number of fused-ring (bicyclic) bond motifs is 1. The lowest BCUT2D eigenvalue weighted by Gasteiger charge is -2.11. The minimum absolute atomic E-state index is 0.538. The molecule has 3 heterocycles. The van der Waals surface area contributed by atoms with E-state index >= 15 is 0 Å². The Hall–Kier alpha value is -3.03. The fourth-order valence-corrected chi connectivity index (χ4v) is 2.93. The van der Waals surface area contributed by atoms with Crippen LogP contribution >= 0.6 is 0 Å². The van der Waals surface area contributed by atoms with Crippen LogP contribution in [0.25, 0.3) is 11.4 Å². The van der Waals surface area contributed by atoms with Gasteiger partial charge in [-0.1, -0.05) is 0 Å². The molecule has 3 aromatic heterocycles. The molecule has 2 N–H and O–H groups in total. The van der Waals surface area contributed by atoms with E-state index in [9.17, 15) is 0 Å². The predicted molar refractivity (Wildman–Crippen MR) is 95.3 cm³/mol. The topological polar surface area (TPSA) is 95.5 Å². The van der Waals surface area contributed by atoms with Crippen molar-refractivity contribution in [2.75, 3.05) is 24.3 Å². The molecule has 0 aliphatic heterocycles. The summed E-state index contributed by atoms with van der Waals surface area (Å²) in [6.45, 7) is 0.538. The highest BCUT2D eigenvalue weighted by molar-refractivity contribution is 5.59. The minimum atomic E-state index is 0.538. The molecule has 0 bridgehead atoms. The van der Waals surface area contributed by atoms with E-state index in [1.54, 1.807) is 12.4 Å². The summed E-state index contributed by atoms with van der Waals surface area (Å²) in [4.78, 5) is 19.9. The Morgan fingerprint density at radius 2 is 2.12 bits per heavy atom. The number of anilines is 2. The summed E-state index contributed by atoms with van der Waals surface area (Å²) in [5.41, 5.74) is 3.26. The van der Waals surface area contributed by atoms with Gasteiger partial charge in [0.05, 0.1) is 6.54 Å². The van der Waals surface area contributed by atoms with Crippen molar-refractivity contribution in [1.82, 2.24) is 30.1 Å². The molecule has 0 aromatic carbocycles. The van der Waals surface area contributed by atoms with Crippen molar-refractivity contribution in [3.8, 4) is 11.4 Å². The maximum absolute atomic E-state index is 4.74. The van der Waals surface area contributed by atoms with Gasteiger partial charge in [0.25, 0.3) is 0 Å². The highest BCUT2D eigenvalue weighted by atomic mass is 15.3. The number of hydrogen-bond acceptors (Lipinski definition) is 7. The SMILES string of the molecule is CN(C)c1n[nH]c(CNc2nc(-c3cccnc3)nc3c2CCC3)n1. The molecule has 0 spiro atoms. The van der Waals surface area contributed by atoms with E-state index in [1.165, 1.54) is 5.56 Å². The van der Waals surface area contributed by atoms with Gasteiger partial charge in [0.1, 0.15) is 11.6 Å². The van der Waals surface area contributed by atoms with Crippen LogP contribution in [0.4, 0.5) is 11.8 Å². The van der Waals surface area contributed by atoms with Gasteiger partial charge in [-0.05, 0) is 31.4 Å². The Morgan fingerprint density at radius 3 is 2.88 bits per heavy atom. The van der Waals surface area contributed by atoms with E-state index in [0.29, 0.717) is 18.3 Å². The van der Waals surface area contributed by atoms with Crippen LogP contribution in [0, 0.1) is 0 Å². The summed E-state index contributed by atoms with van der Waals surface area (Å²) in [5, 5.41) is 10.5. The molecule has 0 unspecified atom stereocenters. The molecule has 0 atom stereocenters. The minimum Gasteiger partial charge on any atom is -0.362 e. The van der Waals surface area contributed by atoms with Crippen LogP contribution in [-0.2, 0) is 19.4 Å². The quantitative estimate of drug-likeness (QED) is 0.734. The lowest BCUT2D eigenvalue weighted by molar-refractivity contribution is 0.899. The van der Waals surface area contributed by atoms with Gasteiger partial charge < -0.3 is 10.2 Å². The molecule has 3 aromatic rings. The Kier molecular flexibility index (Phi) is 4.01. The van der Waals surface area contributed by atoms with Crippen molar-refractivity contribution < 1.29 is 0 Å². The van der Waals surface area contributed by atoms with E-state index in [4.69, 9.17) is 9.97 Å². The normalized spacial score (nSPS) is 12.9. The first-order valence-electron chi connectivity index (χ1n) is 8.33. The third kappa shape index (κ3) is 3.15. The number of H-pyrrole nitrogens is 1. The first-order valence-corrected chi connectivity index (χ1v) is 8.33. The summed E-state index contributed by atoms with van der Waals surface area (Å²) in [5.74, 6) is 3.03. The molecule has 0 saturated heterocycles. The summed E-state index contributed by atoms with van der Waals surface area (Å²) in [6.07, 6.45) is 6.65. The Morgan fingerprint density at radius 1 is 1.20 bits per heavy atom. The van der Waals surface area contributed by atoms with E-state index in [0.717, 1.165) is 42.2 Å². The van der Waals surface area contributed by atoms with E-state index < -0.39 is 0 Å². The summed E-state index contributed by atoms with van der Waals surface area (Å²) < 4.78 is 0. The predicted octanol–water partition coefficient (Wildman–Crippen LogP) is 1.82. The first kappa shape index (κ1) is 15.5. The van der Waals surface area contributed by atoms with Crippen LogP contribution in [0.2, 0.25) is 0 Å². The zero-order valence-electron chi connectivity index (χ0n) is 14.3. The molecule has 0 saturated carbocycles. The van der Waals surface area contributed by atoms with Crippen LogP contribution in [0.15, 0.2) is 24.5 Å². The average Bonchev–Trinajstić information content (AvgIpc) is 3.29. The Labute approximate surface area is 145 Å². The number of nitrogens with one attached hydrogen (secondary N) is 2. The maximum Gasteiger partial charge on any atom is 0.244 e. The second kappa shape index (κ2) is 6.46. The molecular formula is C17H20N8. The third-order valence-electron chi connectivity index (χ3n) is 4.20. The number of aromatic amines is 1. The van der Waals surface area contributed by atoms with Gasteiger partial charge in [0, 0.05) is 43.3 Å². The largest absolute Gasteiger partial charge is 0.362 e. The third-order valence-corrected chi connectivity index (χ3v) is 4.20. The van der Waals surface area contributed by atoms with Gasteiger partial charge in [-0.3, -0.25) is 10.1 Å². The Balaban J connectivity index is 1.61. The van der Waals surface area contributed by atoms with Gasteiger partial charge in [0.15, 0.2) is 5.82 Å². The van der Waals surface area contributed by atoms with Gasteiger partial charge in [-0.25, -0.2) is 9.97 Å². The molecule has 25 heavy (non-hydrogen) atoms. The zero-order chi connectivity index (χ0) is 17.2. The molecule has 0 amide bonds. The highest BCUT2D eigenvalue weighted by Crippen LogP contribution is 2.29. The molecule has 1 aliphatic rings. The van der Waals surface area contributed by atoms with Crippen LogP contribution < -0.4 is 10.2 Å².